The van der Waals surface area contributed by atoms with Gasteiger partial charge in [0.05, 0.1) is 18.8 Å². The van der Waals surface area contributed by atoms with Gasteiger partial charge in [-0.25, -0.2) is 9.97 Å². The molecule has 22 heavy (non-hydrogen) atoms. The lowest BCUT2D eigenvalue weighted by Crippen LogP contribution is -2.36. The van der Waals surface area contributed by atoms with E-state index in [0.717, 1.165) is 37.7 Å². The second-order valence-corrected chi connectivity index (χ2v) is 4.99. The Morgan fingerprint density at radius 1 is 1.23 bits per heavy atom. The highest BCUT2D eigenvalue weighted by molar-refractivity contribution is 5.51. The summed E-state index contributed by atoms with van der Waals surface area (Å²) >= 11 is 0. The van der Waals surface area contributed by atoms with Gasteiger partial charge in [0.2, 0.25) is 0 Å². The number of hydrogen-bond donors (Lipinski definition) is 1. The van der Waals surface area contributed by atoms with Gasteiger partial charge in [-0.2, -0.15) is 5.26 Å². The highest BCUT2D eigenvalue weighted by Crippen LogP contribution is 2.15. The Bertz CT molecular complexity index is 659. The summed E-state index contributed by atoms with van der Waals surface area (Å²) in [6.07, 6.45) is 3.52. The quantitative estimate of drug-likeness (QED) is 0.927. The minimum atomic E-state index is 0.542. The van der Waals surface area contributed by atoms with Gasteiger partial charge in [-0.3, -0.25) is 0 Å². The van der Waals surface area contributed by atoms with E-state index in [-0.39, 0.29) is 0 Å². The third-order valence-electron chi connectivity index (χ3n) is 3.53. The lowest BCUT2D eigenvalue weighted by Gasteiger charge is -2.27. The zero-order valence-corrected chi connectivity index (χ0v) is 12.2. The summed E-state index contributed by atoms with van der Waals surface area (Å²) in [4.78, 5) is 10.9. The molecular formula is C16H17N5O. The third-order valence-corrected chi connectivity index (χ3v) is 3.53. The average molecular weight is 295 g/mol. The first kappa shape index (κ1) is 14.3. The van der Waals surface area contributed by atoms with Crippen molar-refractivity contribution in [3.8, 4) is 6.07 Å². The average Bonchev–Trinajstić information content (AvgIpc) is 2.61. The van der Waals surface area contributed by atoms with Crippen LogP contribution in [0.4, 0.5) is 11.6 Å². The van der Waals surface area contributed by atoms with Crippen molar-refractivity contribution in [2.24, 2.45) is 0 Å². The fraction of sp³-hybridized carbons (Fsp3) is 0.312. The molecule has 0 saturated carbocycles. The van der Waals surface area contributed by atoms with Crippen LogP contribution in [0.15, 0.2) is 36.7 Å². The molecule has 1 N–H and O–H groups in total. The molecule has 0 spiro atoms. The second kappa shape index (κ2) is 6.87. The molecule has 0 amide bonds. The predicted molar refractivity (Wildman–Crippen MR) is 83.5 cm³/mol. The van der Waals surface area contributed by atoms with Crippen molar-refractivity contribution >= 4 is 11.6 Å². The van der Waals surface area contributed by atoms with Gasteiger partial charge in [-0.1, -0.05) is 6.07 Å². The van der Waals surface area contributed by atoms with E-state index in [1.54, 1.807) is 18.3 Å². The molecule has 112 valence electrons. The first-order valence-corrected chi connectivity index (χ1v) is 7.23. The molecule has 1 aliphatic rings. The number of nitriles is 1. The van der Waals surface area contributed by atoms with E-state index in [2.05, 4.69) is 26.3 Å². The molecule has 2 aromatic heterocycles. The molecule has 1 aliphatic heterocycles. The van der Waals surface area contributed by atoms with Gasteiger partial charge in [-0.15, -0.1) is 0 Å². The maximum Gasteiger partial charge on any atom is 0.144 e. The lowest BCUT2D eigenvalue weighted by molar-refractivity contribution is 0.122. The predicted octanol–water partition coefficient (Wildman–Crippen LogP) is 1.80. The van der Waals surface area contributed by atoms with Crippen LogP contribution in [0.3, 0.4) is 0 Å². The fourth-order valence-corrected chi connectivity index (χ4v) is 2.32. The smallest absolute Gasteiger partial charge is 0.144 e. The Morgan fingerprint density at radius 2 is 2.09 bits per heavy atom. The highest BCUT2D eigenvalue weighted by atomic mass is 16.5. The van der Waals surface area contributed by atoms with Crippen LogP contribution < -0.4 is 10.2 Å². The number of ether oxygens (including phenoxy) is 1. The molecule has 1 saturated heterocycles. The minimum Gasteiger partial charge on any atom is -0.378 e. The molecule has 3 rings (SSSR count). The van der Waals surface area contributed by atoms with E-state index in [1.807, 2.05) is 18.3 Å². The van der Waals surface area contributed by atoms with Crippen LogP contribution in [0.2, 0.25) is 0 Å². The second-order valence-electron chi connectivity index (χ2n) is 4.99. The van der Waals surface area contributed by atoms with Crippen LogP contribution in [0.1, 0.15) is 11.1 Å². The van der Waals surface area contributed by atoms with Crippen LogP contribution in [-0.4, -0.2) is 36.3 Å². The number of rotatable bonds is 4. The summed E-state index contributed by atoms with van der Waals surface area (Å²) in [5.41, 5.74) is 1.59. The molecule has 0 bridgehead atoms. The van der Waals surface area contributed by atoms with Gasteiger partial charge in [0.1, 0.15) is 17.7 Å². The molecule has 0 aromatic carbocycles. The van der Waals surface area contributed by atoms with Crippen molar-refractivity contribution in [1.82, 2.24) is 9.97 Å². The number of nitrogens with zero attached hydrogens (tertiary/aromatic N) is 4. The lowest BCUT2D eigenvalue weighted by atomic mass is 10.2. The molecule has 0 unspecified atom stereocenters. The zero-order valence-electron chi connectivity index (χ0n) is 12.2. The van der Waals surface area contributed by atoms with Crippen molar-refractivity contribution < 1.29 is 4.74 Å². The number of morpholine rings is 1. The summed E-state index contributed by atoms with van der Waals surface area (Å²) in [5, 5.41) is 12.2. The third kappa shape index (κ3) is 3.32. The van der Waals surface area contributed by atoms with Crippen molar-refractivity contribution in [3.63, 3.8) is 0 Å². The molecule has 1 fully saturated rings. The fourth-order valence-electron chi connectivity index (χ4n) is 2.32. The van der Waals surface area contributed by atoms with Crippen molar-refractivity contribution in [2.45, 2.75) is 6.54 Å². The van der Waals surface area contributed by atoms with Crippen LogP contribution in [0.5, 0.6) is 0 Å². The first-order valence-electron chi connectivity index (χ1n) is 7.23. The summed E-state index contributed by atoms with van der Waals surface area (Å²) in [7, 11) is 0. The highest BCUT2D eigenvalue weighted by Gasteiger charge is 2.12. The monoisotopic (exact) mass is 295 g/mol. The Labute approximate surface area is 129 Å². The summed E-state index contributed by atoms with van der Waals surface area (Å²) < 4.78 is 5.34. The summed E-state index contributed by atoms with van der Waals surface area (Å²) in [5.74, 6) is 1.57. The molecule has 0 aliphatic carbocycles. The van der Waals surface area contributed by atoms with Gasteiger partial charge in [0.25, 0.3) is 0 Å². The van der Waals surface area contributed by atoms with Crippen molar-refractivity contribution in [1.29, 1.82) is 5.26 Å². The van der Waals surface area contributed by atoms with Crippen LogP contribution in [0.25, 0.3) is 0 Å². The van der Waals surface area contributed by atoms with E-state index in [9.17, 15) is 0 Å². The van der Waals surface area contributed by atoms with Crippen molar-refractivity contribution in [2.75, 3.05) is 36.5 Å². The van der Waals surface area contributed by atoms with Crippen LogP contribution >= 0.6 is 0 Å². The number of aromatic nitrogens is 2. The minimum absolute atomic E-state index is 0.542. The largest absolute Gasteiger partial charge is 0.378 e. The standard InChI is InChI=1S/C16H17N5O/c17-10-14-2-1-5-18-16(14)20-12-13-3-4-15(19-11-13)21-6-8-22-9-7-21/h1-5,11H,6-9,12H2,(H,18,20). The summed E-state index contributed by atoms with van der Waals surface area (Å²) in [6.45, 7) is 3.85. The van der Waals surface area contributed by atoms with Crippen LogP contribution in [0, 0.1) is 11.3 Å². The maximum absolute atomic E-state index is 9.04. The van der Waals surface area contributed by atoms with E-state index in [0.29, 0.717) is 17.9 Å². The number of pyridine rings is 2. The van der Waals surface area contributed by atoms with E-state index in [4.69, 9.17) is 10.00 Å². The maximum atomic E-state index is 9.04. The van der Waals surface area contributed by atoms with E-state index in [1.165, 1.54) is 0 Å². The van der Waals surface area contributed by atoms with E-state index < -0.39 is 0 Å². The van der Waals surface area contributed by atoms with Crippen molar-refractivity contribution in [3.05, 3.63) is 47.8 Å². The normalized spacial score (nSPS) is 14.4. The molecule has 0 atom stereocenters. The molecular weight excluding hydrogens is 278 g/mol. The van der Waals surface area contributed by atoms with E-state index >= 15 is 0 Å². The molecule has 2 aromatic rings. The first-order chi connectivity index (χ1) is 10.9. The van der Waals surface area contributed by atoms with Gasteiger partial charge < -0.3 is 15.0 Å². The number of hydrogen-bond acceptors (Lipinski definition) is 6. The van der Waals surface area contributed by atoms with Gasteiger partial charge in [-0.05, 0) is 23.8 Å². The number of nitrogens with one attached hydrogen (secondary N) is 1. The molecule has 6 nitrogen and oxygen atoms in total. The Kier molecular flexibility index (Phi) is 4.47. The van der Waals surface area contributed by atoms with Gasteiger partial charge in [0.15, 0.2) is 0 Å². The SMILES string of the molecule is N#Cc1cccnc1NCc1ccc(N2CCOCC2)nc1. The Hall–Kier alpha value is -2.65. The van der Waals surface area contributed by atoms with Gasteiger partial charge >= 0.3 is 0 Å². The zero-order chi connectivity index (χ0) is 15.2. The number of anilines is 2. The summed E-state index contributed by atoms with van der Waals surface area (Å²) in [6, 6.07) is 9.68. The van der Waals surface area contributed by atoms with Crippen LogP contribution in [-0.2, 0) is 11.3 Å². The Morgan fingerprint density at radius 3 is 2.82 bits per heavy atom. The topological polar surface area (TPSA) is 74.1 Å². The van der Waals surface area contributed by atoms with Gasteiger partial charge in [0, 0.05) is 32.0 Å². The molecule has 0 radical (unpaired) electrons. The Balaban J connectivity index is 1.62. The molecule has 3 heterocycles. The molecule has 6 heteroatoms.